The van der Waals surface area contributed by atoms with Crippen LogP contribution < -0.4 is 9.47 Å². The largest absolute Gasteiger partial charge is 0.486 e. The van der Waals surface area contributed by atoms with Crippen molar-refractivity contribution in [3.8, 4) is 11.5 Å². The average Bonchev–Trinajstić information content (AvgIpc) is 2.86. The van der Waals surface area contributed by atoms with E-state index < -0.39 is 21.9 Å². The molecule has 2 heterocycles. The Morgan fingerprint density at radius 2 is 1.68 bits per heavy atom. The first kappa shape index (κ1) is 24.8. The second-order valence-corrected chi connectivity index (χ2v) is 11.4. The number of ether oxygens (including phenoxy) is 3. The summed E-state index contributed by atoms with van der Waals surface area (Å²) in [5.41, 5.74) is 0. The fraction of sp³-hybridized carbons (Fsp3) is 0.667. The van der Waals surface area contributed by atoms with Crippen molar-refractivity contribution < 1.29 is 32.2 Å². The Hall–Kier alpha value is -2.33. The number of benzene rings is 1. The van der Waals surface area contributed by atoms with E-state index in [1.54, 1.807) is 18.0 Å². The van der Waals surface area contributed by atoms with Crippen LogP contribution in [-0.2, 0) is 24.3 Å². The molecule has 0 aromatic heterocycles. The third-order valence-electron chi connectivity index (χ3n) is 7.20. The molecule has 34 heavy (non-hydrogen) atoms. The molecule has 0 bridgehead atoms. The molecular formula is C24H34N2O7S. The number of sulfonamides is 1. The minimum atomic E-state index is -3.71. The molecule has 1 amide bonds. The fourth-order valence-electron chi connectivity index (χ4n) is 4.85. The summed E-state index contributed by atoms with van der Waals surface area (Å²) < 4.78 is 43.8. The number of fused-ring (bicyclic) bond motifs is 1. The van der Waals surface area contributed by atoms with Crippen molar-refractivity contribution >= 4 is 21.9 Å². The zero-order valence-corrected chi connectivity index (χ0v) is 20.7. The van der Waals surface area contributed by atoms with Gasteiger partial charge in [0, 0.05) is 32.2 Å². The number of amides is 1. The molecule has 2 fully saturated rings. The number of nitrogens with zero attached hydrogens (tertiary/aromatic N) is 2. The normalized spacial score (nSPS) is 23.8. The predicted molar refractivity (Wildman–Crippen MR) is 124 cm³/mol. The Morgan fingerprint density at radius 3 is 2.35 bits per heavy atom. The molecule has 9 nitrogen and oxygen atoms in total. The van der Waals surface area contributed by atoms with E-state index in [0.717, 1.165) is 25.7 Å². The van der Waals surface area contributed by atoms with Crippen LogP contribution >= 0.6 is 0 Å². The standard InChI is InChI=1S/C24H34N2O7S/c1-17-3-5-19(6-4-17)25(2)23(27)16-33-24(28)18-9-11-26(12-10-18)34(29,30)20-7-8-21-22(15-20)32-14-13-31-21/h7-8,15,17-19H,3-6,9-14,16H2,1-2H3. The molecule has 1 saturated carbocycles. The van der Waals surface area contributed by atoms with Gasteiger partial charge in [-0.1, -0.05) is 6.92 Å². The van der Waals surface area contributed by atoms with Crippen LogP contribution in [-0.4, -0.2) is 75.5 Å². The van der Waals surface area contributed by atoms with Gasteiger partial charge in [-0.3, -0.25) is 9.59 Å². The summed E-state index contributed by atoms with van der Waals surface area (Å²) in [5.74, 6) is 0.609. The van der Waals surface area contributed by atoms with E-state index in [9.17, 15) is 18.0 Å². The average molecular weight is 495 g/mol. The lowest BCUT2D eigenvalue weighted by atomic mass is 9.87. The summed E-state index contributed by atoms with van der Waals surface area (Å²) in [6.07, 6.45) is 4.88. The maximum Gasteiger partial charge on any atom is 0.309 e. The Labute approximate surface area is 201 Å². The number of piperidine rings is 1. The molecule has 188 valence electrons. The summed E-state index contributed by atoms with van der Waals surface area (Å²) in [4.78, 5) is 26.9. The van der Waals surface area contributed by atoms with Gasteiger partial charge in [-0.15, -0.1) is 0 Å². The molecule has 4 rings (SSSR count). The Morgan fingerprint density at radius 1 is 1.03 bits per heavy atom. The minimum Gasteiger partial charge on any atom is -0.486 e. The van der Waals surface area contributed by atoms with Gasteiger partial charge in [-0.2, -0.15) is 4.31 Å². The molecule has 0 atom stereocenters. The van der Waals surface area contributed by atoms with Crippen LogP contribution in [0.5, 0.6) is 11.5 Å². The molecule has 0 unspecified atom stereocenters. The molecule has 0 spiro atoms. The first-order valence-corrected chi connectivity index (χ1v) is 13.5. The van der Waals surface area contributed by atoms with Crippen LogP contribution in [0.1, 0.15) is 45.4 Å². The summed E-state index contributed by atoms with van der Waals surface area (Å²) in [6.45, 7) is 3.20. The van der Waals surface area contributed by atoms with E-state index in [1.807, 2.05) is 0 Å². The van der Waals surface area contributed by atoms with Crippen LogP contribution in [0.15, 0.2) is 23.1 Å². The zero-order valence-electron chi connectivity index (χ0n) is 19.9. The van der Waals surface area contributed by atoms with Crippen molar-refractivity contribution in [2.75, 3.05) is 40.0 Å². The maximum absolute atomic E-state index is 13.1. The molecule has 0 radical (unpaired) electrons. The lowest BCUT2D eigenvalue weighted by Crippen LogP contribution is -2.43. The van der Waals surface area contributed by atoms with Crippen molar-refractivity contribution in [3.63, 3.8) is 0 Å². The van der Waals surface area contributed by atoms with Crippen molar-refractivity contribution in [3.05, 3.63) is 18.2 Å². The Balaban J connectivity index is 1.26. The van der Waals surface area contributed by atoms with E-state index in [1.165, 1.54) is 16.4 Å². The van der Waals surface area contributed by atoms with Crippen molar-refractivity contribution in [2.24, 2.45) is 11.8 Å². The van der Waals surface area contributed by atoms with Gasteiger partial charge in [0.25, 0.3) is 5.91 Å². The van der Waals surface area contributed by atoms with Crippen LogP contribution in [0.25, 0.3) is 0 Å². The van der Waals surface area contributed by atoms with Crippen molar-refractivity contribution in [1.29, 1.82) is 0 Å². The van der Waals surface area contributed by atoms with Gasteiger partial charge in [-0.25, -0.2) is 8.42 Å². The first-order chi connectivity index (χ1) is 16.3. The molecule has 0 N–H and O–H groups in total. The Bertz CT molecular complexity index is 997. The number of carbonyl (C=O) groups is 2. The minimum absolute atomic E-state index is 0.142. The summed E-state index contributed by atoms with van der Waals surface area (Å²) in [6, 6.07) is 4.81. The lowest BCUT2D eigenvalue weighted by Gasteiger charge is -2.33. The highest BCUT2D eigenvalue weighted by atomic mass is 32.2. The van der Waals surface area contributed by atoms with E-state index in [-0.39, 0.29) is 36.5 Å². The second kappa shape index (κ2) is 10.5. The number of rotatable bonds is 6. The molecule has 1 saturated heterocycles. The lowest BCUT2D eigenvalue weighted by molar-refractivity contribution is -0.157. The number of esters is 1. The van der Waals surface area contributed by atoms with Crippen molar-refractivity contribution in [1.82, 2.24) is 9.21 Å². The van der Waals surface area contributed by atoms with Crippen LogP contribution in [0.4, 0.5) is 0 Å². The molecule has 10 heteroatoms. The van der Waals surface area contributed by atoms with Crippen molar-refractivity contribution in [2.45, 2.75) is 56.4 Å². The topological polar surface area (TPSA) is 102 Å². The number of hydrogen-bond donors (Lipinski definition) is 0. The molecule has 1 aromatic rings. The van der Waals surface area contributed by atoms with Gasteiger partial charge >= 0.3 is 5.97 Å². The van der Waals surface area contributed by atoms with Gasteiger partial charge in [0.15, 0.2) is 18.1 Å². The molecule has 2 aliphatic heterocycles. The molecule has 1 aromatic carbocycles. The molecule has 3 aliphatic rings. The van der Waals surface area contributed by atoms with E-state index in [2.05, 4.69) is 6.92 Å². The smallest absolute Gasteiger partial charge is 0.309 e. The van der Waals surface area contributed by atoms with Gasteiger partial charge in [0.05, 0.1) is 10.8 Å². The number of carbonyl (C=O) groups excluding carboxylic acids is 2. The SMILES string of the molecule is CC1CCC(N(C)C(=O)COC(=O)C2CCN(S(=O)(=O)c3ccc4c(c3)OCCO4)CC2)CC1. The number of hydrogen-bond acceptors (Lipinski definition) is 7. The van der Waals surface area contributed by atoms with Crippen LogP contribution in [0, 0.1) is 11.8 Å². The summed E-state index contributed by atoms with van der Waals surface area (Å²) in [7, 11) is -1.94. The van der Waals surface area contributed by atoms with E-state index in [0.29, 0.717) is 43.5 Å². The van der Waals surface area contributed by atoms with Crippen LogP contribution in [0.2, 0.25) is 0 Å². The van der Waals surface area contributed by atoms with Crippen LogP contribution in [0.3, 0.4) is 0 Å². The number of likely N-dealkylation sites (N-methyl/N-ethyl adjacent to an activating group) is 1. The highest BCUT2D eigenvalue weighted by molar-refractivity contribution is 7.89. The second-order valence-electron chi connectivity index (χ2n) is 9.51. The third kappa shape index (κ3) is 5.49. The van der Waals surface area contributed by atoms with Gasteiger partial charge in [0.1, 0.15) is 13.2 Å². The fourth-order valence-corrected chi connectivity index (χ4v) is 6.34. The van der Waals surface area contributed by atoms with E-state index in [4.69, 9.17) is 14.2 Å². The maximum atomic E-state index is 13.1. The zero-order chi connectivity index (χ0) is 24.3. The summed E-state index contributed by atoms with van der Waals surface area (Å²) >= 11 is 0. The first-order valence-electron chi connectivity index (χ1n) is 12.1. The van der Waals surface area contributed by atoms with Gasteiger partial charge in [0.2, 0.25) is 10.0 Å². The monoisotopic (exact) mass is 494 g/mol. The quantitative estimate of drug-likeness (QED) is 0.560. The molecule has 1 aliphatic carbocycles. The molecular weight excluding hydrogens is 460 g/mol. The highest BCUT2D eigenvalue weighted by Crippen LogP contribution is 2.34. The highest BCUT2D eigenvalue weighted by Gasteiger charge is 2.34. The van der Waals surface area contributed by atoms with Gasteiger partial charge in [-0.05, 0) is 56.6 Å². The third-order valence-corrected chi connectivity index (χ3v) is 9.10. The summed E-state index contributed by atoms with van der Waals surface area (Å²) in [5, 5.41) is 0. The predicted octanol–water partition coefficient (Wildman–Crippen LogP) is 2.44. The van der Waals surface area contributed by atoms with E-state index >= 15 is 0 Å². The Kier molecular flexibility index (Phi) is 7.67. The van der Waals surface area contributed by atoms with Gasteiger partial charge < -0.3 is 19.1 Å².